The quantitative estimate of drug-likeness (QED) is 0.812. The number of carboxylic acids is 1. The van der Waals surface area contributed by atoms with Gasteiger partial charge in [-0.1, -0.05) is 18.2 Å². The van der Waals surface area contributed by atoms with E-state index in [4.69, 9.17) is 9.84 Å². The van der Waals surface area contributed by atoms with Gasteiger partial charge in [-0.25, -0.2) is 4.98 Å². The molecule has 1 heterocycles. The highest BCUT2D eigenvalue weighted by Gasteiger charge is 2.02. The Morgan fingerprint density at radius 2 is 2.00 bits per heavy atom. The van der Waals surface area contributed by atoms with Crippen LogP contribution in [0.1, 0.15) is 12.0 Å². The number of aromatic nitrogens is 1. The summed E-state index contributed by atoms with van der Waals surface area (Å²) in [5.41, 5.74) is 1.00. The van der Waals surface area contributed by atoms with E-state index in [1.54, 1.807) is 6.20 Å². The molecule has 0 aliphatic carbocycles. The van der Waals surface area contributed by atoms with Crippen molar-refractivity contribution in [3.8, 4) is 5.75 Å². The molecule has 5 nitrogen and oxygen atoms in total. The number of hydrogen-bond donors (Lipinski definition) is 1. The number of ether oxygens (including phenoxy) is 1. The lowest BCUT2D eigenvalue weighted by molar-refractivity contribution is -0.136. The van der Waals surface area contributed by atoms with Gasteiger partial charge < -0.3 is 14.7 Å². The Bertz CT molecular complexity index is 585. The molecule has 0 spiro atoms. The van der Waals surface area contributed by atoms with Crippen molar-refractivity contribution in [2.75, 3.05) is 25.1 Å². The molecular weight excluding hydrogens is 280 g/mol. The van der Waals surface area contributed by atoms with Gasteiger partial charge in [-0.15, -0.1) is 0 Å². The van der Waals surface area contributed by atoms with Gasteiger partial charge in [0.2, 0.25) is 0 Å². The average molecular weight is 300 g/mol. The van der Waals surface area contributed by atoms with Crippen LogP contribution >= 0.6 is 0 Å². The number of likely N-dealkylation sites (N-methyl/N-ethyl adjacent to an activating group) is 1. The maximum absolute atomic E-state index is 10.5. The van der Waals surface area contributed by atoms with E-state index < -0.39 is 5.97 Å². The van der Waals surface area contributed by atoms with Crippen LogP contribution in [0, 0.1) is 0 Å². The number of pyridine rings is 1. The fourth-order valence-corrected chi connectivity index (χ4v) is 2.00. The summed E-state index contributed by atoms with van der Waals surface area (Å²) in [4.78, 5) is 16.8. The van der Waals surface area contributed by atoms with Crippen molar-refractivity contribution in [1.82, 2.24) is 4.98 Å². The monoisotopic (exact) mass is 300 g/mol. The second-order valence-electron chi connectivity index (χ2n) is 5.00. The first-order valence-corrected chi connectivity index (χ1v) is 7.21. The van der Waals surface area contributed by atoms with Gasteiger partial charge in [0.25, 0.3) is 0 Å². The molecule has 2 rings (SSSR count). The van der Waals surface area contributed by atoms with E-state index >= 15 is 0 Å². The van der Waals surface area contributed by atoms with Crippen LogP contribution in [0.25, 0.3) is 0 Å². The minimum Gasteiger partial charge on any atom is -0.492 e. The fourth-order valence-electron chi connectivity index (χ4n) is 2.00. The highest BCUT2D eigenvalue weighted by Crippen LogP contribution is 2.14. The molecule has 0 saturated carbocycles. The molecule has 22 heavy (non-hydrogen) atoms. The number of rotatable bonds is 8. The summed E-state index contributed by atoms with van der Waals surface area (Å²) < 4.78 is 5.69. The summed E-state index contributed by atoms with van der Waals surface area (Å²) in [6, 6.07) is 13.4. The van der Waals surface area contributed by atoms with Crippen molar-refractivity contribution in [3.05, 3.63) is 54.2 Å². The average Bonchev–Trinajstić information content (AvgIpc) is 2.55. The number of nitrogens with zero attached hydrogens (tertiary/aromatic N) is 2. The molecular formula is C17H20N2O3. The standard InChI is InChI=1S/C17H20N2O3/c1-19(16-4-2-3-11-18-16)12-13-22-15-8-5-14(6-9-15)7-10-17(20)21/h2-6,8-9,11H,7,10,12-13H2,1H3,(H,20,21). The van der Waals surface area contributed by atoms with E-state index in [-0.39, 0.29) is 6.42 Å². The number of anilines is 1. The summed E-state index contributed by atoms with van der Waals surface area (Å²) in [6.45, 7) is 1.29. The zero-order valence-corrected chi connectivity index (χ0v) is 12.6. The highest BCUT2D eigenvalue weighted by atomic mass is 16.5. The highest BCUT2D eigenvalue weighted by molar-refractivity contribution is 5.67. The van der Waals surface area contributed by atoms with E-state index in [1.165, 1.54) is 0 Å². The summed E-state index contributed by atoms with van der Waals surface area (Å²) in [6.07, 6.45) is 2.45. The number of carboxylic acid groups (broad SMARTS) is 1. The van der Waals surface area contributed by atoms with Crippen molar-refractivity contribution in [1.29, 1.82) is 0 Å². The van der Waals surface area contributed by atoms with Crippen LogP contribution in [0.3, 0.4) is 0 Å². The largest absolute Gasteiger partial charge is 0.492 e. The maximum Gasteiger partial charge on any atom is 0.303 e. The molecule has 0 atom stereocenters. The first kappa shape index (κ1) is 15.8. The second kappa shape index (κ2) is 8.02. The van der Waals surface area contributed by atoms with Crippen LogP contribution in [0.15, 0.2) is 48.7 Å². The Labute approximate surface area is 130 Å². The molecule has 1 aromatic carbocycles. The summed E-state index contributed by atoms with van der Waals surface area (Å²) in [5, 5.41) is 8.66. The van der Waals surface area contributed by atoms with Crippen molar-refractivity contribution >= 4 is 11.8 Å². The number of benzene rings is 1. The van der Waals surface area contributed by atoms with Crippen LogP contribution in [0.5, 0.6) is 5.75 Å². The van der Waals surface area contributed by atoms with E-state index in [9.17, 15) is 4.79 Å². The molecule has 0 radical (unpaired) electrons. The van der Waals surface area contributed by atoms with Gasteiger partial charge in [0.1, 0.15) is 18.2 Å². The second-order valence-corrected chi connectivity index (χ2v) is 5.00. The molecule has 1 aromatic heterocycles. The van der Waals surface area contributed by atoms with Gasteiger partial charge in [-0.2, -0.15) is 0 Å². The molecule has 0 aliphatic heterocycles. The summed E-state index contributed by atoms with van der Waals surface area (Å²) in [5.74, 6) is 0.918. The lowest BCUT2D eigenvalue weighted by atomic mass is 10.1. The lowest BCUT2D eigenvalue weighted by Crippen LogP contribution is -2.24. The molecule has 0 saturated heterocycles. The molecule has 5 heteroatoms. The number of aliphatic carboxylic acids is 1. The summed E-state index contributed by atoms with van der Waals surface area (Å²) in [7, 11) is 1.97. The molecule has 0 aliphatic rings. The Hall–Kier alpha value is -2.56. The van der Waals surface area contributed by atoms with E-state index in [2.05, 4.69) is 4.98 Å². The molecule has 1 N–H and O–H groups in total. The zero-order chi connectivity index (χ0) is 15.8. The number of hydrogen-bond acceptors (Lipinski definition) is 4. The first-order valence-electron chi connectivity index (χ1n) is 7.21. The Morgan fingerprint density at radius 1 is 1.23 bits per heavy atom. The van der Waals surface area contributed by atoms with Gasteiger partial charge in [0, 0.05) is 19.7 Å². The Balaban J connectivity index is 1.76. The topological polar surface area (TPSA) is 62.7 Å². The molecule has 2 aromatic rings. The Kier molecular flexibility index (Phi) is 5.77. The van der Waals surface area contributed by atoms with Crippen LogP contribution < -0.4 is 9.64 Å². The van der Waals surface area contributed by atoms with Gasteiger partial charge in [0.15, 0.2) is 0 Å². The molecule has 0 amide bonds. The van der Waals surface area contributed by atoms with Gasteiger partial charge in [0.05, 0.1) is 6.54 Å². The first-order chi connectivity index (χ1) is 10.6. The van der Waals surface area contributed by atoms with Crippen molar-refractivity contribution < 1.29 is 14.6 Å². The minimum absolute atomic E-state index is 0.148. The zero-order valence-electron chi connectivity index (χ0n) is 12.6. The van der Waals surface area contributed by atoms with Gasteiger partial charge >= 0.3 is 5.97 Å². The third kappa shape index (κ3) is 5.09. The van der Waals surface area contributed by atoms with Crippen molar-refractivity contribution in [2.45, 2.75) is 12.8 Å². The predicted molar refractivity (Wildman–Crippen MR) is 85.4 cm³/mol. The number of aryl methyl sites for hydroxylation is 1. The van der Waals surface area contributed by atoms with Crippen molar-refractivity contribution in [3.63, 3.8) is 0 Å². The molecule has 0 unspecified atom stereocenters. The van der Waals surface area contributed by atoms with Crippen LogP contribution in [-0.4, -0.2) is 36.3 Å². The summed E-state index contributed by atoms with van der Waals surface area (Å²) >= 11 is 0. The minimum atomic E-state index is -0.780. The van der Waals surface area contributed by atoms with Crippen molar-refractivity contribution in [2.24, 2.45) is 0 Å². The normalized spacial score (nSPS) is 10.2. The van der Waals surface area contributed by atoms with E-state index in [0.717, 1.165) is 23.7 Å². The van der Waals surface area contributed by atoms with Crippen LogP contribution in [0.2, 0.25) is 0 Å². The smallest absolute Gasteiger partial charge is 0.303 e. The fraction of sp³-hybridized carbons (Fsp3) is 0.294. The van der Waals surface area contributed by atoms with E-state index in [0.29, 0.717) is 13.0 Å². The van der Waals surface area contributed by atoms with Gasteiger partial charge in [-0.05, 0) is 36.2 Å². The predicted octanol–water partition coefficient (Wildman–Crippen LogP) is 2.61. The maximum atomic E-state index is 10.5. The lowest BCUT2D eigenvalue weighted by Gasteiger charge is -2.18. The SMILES string of the molecule is CN(CCOc1ccc(CCC(=O)O)cc1)c1ccccn1. The third-order valence-corrected chi connectivity index (χ3v) is 3.29. The molecule has 0 bridgehead atoms. The van der Waals surface area contributed by atoms with Crippen LogP contribution in [-0.2, 0) is 11.2 Å². The van der Waals surface area contributed by atoms with Gasteiger partial charge in [-0.3, -0.25) is 4.79 Å². The third-order valence-electron chi connectivity index (χ3n) is 3.29. The molecule has 0 fully saturated rings. The molecule has 116 valence electrons. The number of carbonyl (C=O) groups is 1. The van der Waals surface area contributed by atoms with Crippen LogP contribution in [0.4, 0.5) is 5.82 Å². The Morgan fingerprint density at radius 3 is 2.64 bits per heavy atom. The van der Waals surface area contributed by atoms with E-state index in [1.807, 2.05) is 54.4 Å².